The van der Waals surface area contributed by atoms with Crippen molar-refractivity contribution in [1.82, 2.24) is 20.0 Å². The van der Waals surface area contributed by atoms with Crippen molar-refractivity contribution in [3.05, 3.63) is 47.2 Å². The summed E-state index contributed by atoms with van der Waals surface area (Å²) in [6.07, 6.45) is 1.57. The molecule has 1 heterocycles. The number of aromatic nitrogens is 2. The van der Waals surface area contributed by atoms with Crippen molar-refractivity contribution < 1.29 is 14.3 Å². The quantitative estimate of drug-likeness (QED) is 0.861. The van der Waals surface area contributed by atoms with Gasteiger partial charge in [0.25, 0.3) is 5.91 Å². The molecule has 0 saturated carbocycles. The Balaban J connectivity index is 1.90. The molecule has 1 aromatic heterocycles. The molecule has 0 unspecified atom stereocenters. The number of hydrogen-bond acceptors (Lipinski definition) is 4. The number of rotatable bonds is 6. The van der Waals surface area contributed by atoms with Crippen LogP contribution in [0.3, 0.4) is 0 Å². The fourth-order valence-corrected chi connectivity index (χ4v) is 2.22. The summed E-state index contributed by atoms with van der Waals surface area (Å²) in [7, 11) is 4.72. The van der Waals surface area contributed by atoms with Crippen LogP contribution in [-0.2, 0) is 18.4 Å². The Morgan fingerprint density at radius 2 is 1.96 bits per heavy atom. The first-order valence-electron chi connectivity index (χ1n) is 7.56. The number of aryl methyl sites for hydroxylation is 2. The topological polar surface area (TPSA) is 76.5 Å². The molecule has 0 bridgehead atoms. The van der Waals surface area contributed by atoms with Gasteiger partial charge in [0.2, 0.25) is 11.8 Å². The molecule has 0 aliphatic heterocycles. The van der Waals surface area contributed by atoms with E-state index in [1.54, 1.807) is 20.3 Å². The maximum absolute atomic E-state index is 12.4. The average molecular weight is 330 g/mol. The molecular formula is C17H22N4O3. The molecule has 1 aromatic carbocycles. The summed E-state index contributed by atoms with van der Waals surface area (Å²) in [6.45, 7) is 2.40. The normalized spacial score (nSPS) is 10.3. The fraction of sp³-hybridized carbons (Fsp3) is 0.353. The van der Waals surface area contributed by atoms with E-state index in [4.69, 9.17) is 4.74 Å². The second-order valence-corrected chi connectivity index (χ2v) is 5.65. The maximum Gasteiger partial charge on any atom is 0.261 e. The predicted molar refractivity (Wildman–Crippen MR) is 89.7 cm³/mol. The summed E-state index contributed by atoms with van der Waals surface area (Å²) in [6, 6.07) is 7.91. The van der Waals surface area contributed by atoms with Crippen LogP contribution in [0.5, 0.6) is 5.88 Å². The lowest BCUT2D eigenvalue weighted by Crippen LogP contribution is -2.38. The summed E-state index contributed by atoms with van der Waals surface area (Å²) in [4.78, 5) is 25.8. The molecule has 0 fully saturated rings. The number of carbonyl (C=O) groups is 2. The molecular weight excluding hydrogens is 308 g/mol. The van der Waals surface area contributed by atoms with Gasteiger partial charge in [-0.25, -0.2) is 0 Å². The highest BCUT2D eigenvalue weighted by Gasteiger charge is 2.21. The smallest absolute Gasteiger partial charge is 0.261 e. The molecule has 2 rings (SSSR count). The zero-order valence-electron chi connectivity index (χ0n) is 14.4. The molecule has 2 aromatic rings. The Labute approximate surface area is 141 Å². The van der Waals surface area contributed by atoms with Crippen molar-refractivity contribution in [2.45, 2.75) is 13.5 Å². The van der Waals surface area contributed by atoms with Crippen LogP contribution < -0.4 is 10.1 Å². The van der Waals surface area contributed by atoms with E-state index in [-0.39, 0.29) is 24.2 Å². The van der Waals surface area contributed by atoms with Crippen LogP contribution in [0.1, 0.15) is 21.5 Å². The van der Waals surface area contributed by atoms with Crippen LogP contribution in [0.15, 0.2) is 30.5 Å². The second-order valence-electron chi connectivity index (χ2n) is 5.65. The minimum atomic E-state index is -0.314. The molecule has 128 valence electrons. The Hall–Kier alpha value is -2.83. The number of likely N-dealkylation sites (N-methyl/N-ethyl adjacent to an activating group) is 1. The van der Waals surface area contributed by atoms with Gasteiger partial charge in [0.1, 0.15) is 5.56 Å². The molecule has 2 amide bonds. The van der Waals surface area contributed by atoms with Crippen molar-refractivity contribution in [3.63, 3.8) is 0 Å². The number of nitrogens with zero attached hydrogens (tertiary/aromatic N) is 3. The maximum atomic E-state index is 12.4. The van der Waals surface area contributed by atoms with Crippen LogP contribution in [0.25, 0.3) is 0 Å². The van der Waals surface area contributed by atoms with Gasteiger partial charge < -0.3 is 15.0 Å². The largest absolute Gasteiger partial charge is 0.479 e. The minimum Gasteiger partial charge on any atom is -0.479 e. The van der Waals surface area contributed by atoms with E-state index in [2.05, 4.69) is 10.4 Å². The zero-order valence-corrected chi connectivity index (χ0v) is 14.4. The highest BCUT2D eigenvalue weighted by atomic mass is 16.5. The molecule has 0 saturated heterocycles. The lowest BCUT2D eigenvalue weighted by atomic mass is 10.1. The second kappa shape index (κ2) is 7.63. The van der Waals surface area contributed by atoms with Crippen LogP contribution in [-0.4, -0.2) is 47.2 Å². The van der Waals surface area contributed by atoms with Crippen molar-refractivity contribution >= 4 is 11.8 Å². The number of amides is 2. The van der Waals surface area contributed by atoms with Gasteiger partial charge in [-0.05, 0) is 12.5 Å². The molecule has 7 heteroatoms. The van der Waals surface area contributed by atoms with E-state index in [1.807, 2.05) is 31.2 Å². The fourth-order valence-electron chi connectivity index (χ4n) is 2.22. The van der Waals surface area contributed by atoms with Crippen molar-refractivity contribution in [3.8, 4) is 5.88 Å². The number of benzene rings is 1. The highest BCUT2D eigenvalue weighted by molar-refractivity contribution is 5.98. The first-order valence-corrected chi connectivity index (χ1v) is 7.56. The number of methoxy groups -OCH3 is 1. The number of carbonyl (C=O) groups excluding carboxylic acids is 2. The Kier molecular flexibility index (Phi) is 5.57. The van der Waals surface area contributed by atoms with E-state index >= 15 is 0 Å². The molecule has 1 N–H and O–H groups in total. The summed E-state index contributed by atoms with van der Waals surface area (Å²) in [5.41, 5.74) is 2.51. The molecule has 0 radical (unpaired) electrons. The van der Waals surface area contributed by atoms with Gasteiger partial charge in [-0.1, -0.05) is 29.8 Å². The van der Waals surface area contributed by atoms with E-state index in [0.717, 1.165) is 5.56 Å². The number of hydrogen-bond donors (Lipinski definition) is 1. The van der Waals surface area contributed by atoms with E-state index in [1.165, 1.54) is 22.3 Å². The predicted octanol–water partition coefficient (Wildman–Crippen LogP) is 1.13. The van der Waals surface area contributed by atoms with Gasteiger partial charge in [0.15, 0.2) is 0 Å². The first-order chi connectivity index (χ1) is 11.4. The van der Waals surface area contributed by atoms with Crippen LogP contribution in [0.4, 0.5) is 0 Å². The SMILES string of the molecule is COc1nn(C)cc1C(=O)N(C)CC(=O)NCc1ccc(C)cc1. The number of ether oxygens (including phenoxy) is 1. The standard InChI is InChI=1S/C17H22N4O3/c1-12-5-7-13(8-6-12)9-18-15(22)11-20(2)17(23)14-10-21(3)19-16(14)24-4/h5-8,10H,9,11H2,1-4H3,(H,18,22). The Morgan fingerprint density at radius 3 is 2.58 bits per heavy atom. The zero-order chi connectivity index (χ0) is 17.7. The third-order valence-electron chi connectivity index (χ3n) is 3.56. The third-order valence-corrected chi connectivity index (χ3v) is 3.56. The lowest BCUT2D eigenvalue weighted by Gasteiger charge is -2.16. The summed E-state index contributed by atoms with van der Waals surface area (Å²) >= 11 is 0. The van der Waals surface area contributed by atoms with Crippen molar-refractivity contribution in [2.24, 2.45) is 7.05 Å². The van der Waals surface area contributed by atoms with E-state index in [0.29, 0.717) is 12.1 Å². The summed E-state index contributed by atoms with van der Waals surface area (Å²) < 4.78 is 6.57. The molecule has 0 aliphatic rings. The van der Waals surface area contributed by atoms with Gasteiger partial charge in [0, 0.05) is 26.8 Å². The van der Waals surface area contributed by atoms with E-state index in [9.17, 15) is 9.59 Å². The molecule has 0 aliphatic carbocycles. The van der Waals surface area contributed by atoms with Gasteiger partial charge in [-0.15, -0.1) is 5.10 Å². The van der Waals surface area contributed by atoms with Gasteiger partial charge >= 0.3 is 0 Å². The lowest BCUT2D eigenvalue weighted by molar-refractivity contribution is -0.121. The minimum absolute atomic E-state index is 0.0389. The number of nitrogens with one attached hydrogen (secondary N) is 1. The van der Waals surface area contributed by atoms with Gasteiger partial charge in [-0.2, -0.15) is 0 Å². The third kappa shape index (κ3) is 4.34. The molecule has 7 nitrogen and oxygen atoms in total. The van der Waals surface area contributed by atoms with Gasteiger partial charge in [-0.3, -0.25) is 14.3 Å². The Morgan fingerprint density at radius 1 is 1.29 bits per heavy atom. The summed E-state index contributed by atoms with van der Waals surface area (Å²) in [5.74, 6) is -0.297. The average Bonchev–Trinajstić information content (AvgIpc) is 2.94. The monoisotopic (exact) mass is 330 g/mol. The van der Waals surface area contributed by atoms with Crippen LogP contribution in [0, 0.1) is 6.92 Å². The van der Waals surface area contributed by atoms with Crippen molar-refractivity contribution in [1.29, 1.82) is 0 Å². The summed E-state index contributed by atoms with van der Waals surface area (Å²) in [5, 5.41) is 6.85. The van der Waals surface area contributed by atoms with Crippen LogP contribution in [0.2, 0.25) is 0 Å². The van der Waals surface area contributed by atoms with Crippen molar-refractivity contribution in [2.75, 3.05) is 20.7 Å². The highest BCUT2D eigenvalue weighted by Crippen LogP contribution is 2.16. The van der Waals surface area contributed by atoms with Crippen LogP contribution >= 0.6 is 0 Å². The van der Waals surface area contributed by atoms with E-state index < -0.39 is 0 Å². The van der Waals surface area contributed by atoms with Gasteiger partial charge in [0.05, 0.1) is 13.7 Å². The molecule has 0 spiro atoms. The first kappa shape index (κ1) is 17.5. The molecule has 24 heavy (non-hydrogen) atoms. The Bertz CT molecular complexity index is 722. The molecule has 0 atom stereocenters.